The van der Waals surface area contributed by atoms with Crippen molar-refractivity contribution >= 4 is 11.6 Å². The van der Waals surface area contributed by atoms with Crippen LogP contribution < -0.4 is 11.3 Å². The number of hydrogen-bond acceptors (Lipinski definition) is 4. The van der Waals surface area contributed by atoms with Gasteiger partial charge in [-0.1, -0.05) is 23.7 Å². The van der Waals surface area contributed by atoms with Crippen molar-refractivity contribution in [2.24, 2.45) is 5.84 Å². The van der Waals surface area contributed by atoms with Crippen LogP contribution in [0.25, 0.3) is 0 Å². The summed E-state index contributed by atoms with van der Waals surface area (Å²) in [6, 6.07) is 5.79. The summed E-state index contributed by atoms with van der Waals surface area (Å²) in [5.74, 6) is 5.50. The van der Waals surface area contributed by atoms with E-state index in [2.05, 4.69) is 5.43 Å². The molecule has 1 aromatic rings. The number of ether oxygens (including phenoxy) is 2. The third-order valence-corrected chi connectivity index (χ3v) is 3.01. The van der Waals surface area contributed by atoms with Gasteiger partial charge in [0.2, 0.25) is 0 Å². The molecular formula is C12H19ClN2O2. The Morgan fingerprint density at radius 1 is 1.35 bits per heavy atom. The van der Waals surface area contributed by atoms with Gasteiger partial charge in [-0.25, -0.2) is 0 Å². The summed E-state index contributed by atoms with van der Waals surface area (Å²) < 4.78 is 10.4. The summed E-state index contributed by atoms with van der Waals surface area (Å²) in [6.45, 7) is 2.00. The topological polar surface area (TPSA) is 56.5 Å². The van der Waals surface area contributed by atoms with Crippen LogP contribution in [0.4, 0.5) is 0 Å². The molecule has 0 bridgehead atoms. The minimum atomic E-state index is -0.405. The summed E-state index contributed by atoms with van der Waals surface area (Å²) in [4.78, 5) is 0. The predicted molar refractivity (Wildman–Crippen MR) is 68.8 cm³/mol. The van der Waals surface area contributed by atoms with Crippen molar-refractivity contribution in [2.45, 2.75) is 25.7 Å². The highest BCUT2D eigenvalue weighted by Crippen LogP contribution is 2.20. The minimum Gasteiger partial charge on any atom is -0.354 e. The third-order valence-electron chi connectivity index (χ3n) is 2.66. The van der Waals surface area contributed by atoms with E-state index in [0.717, 1.165) is 16.1 Å². The van der Waals surface area contributed by atoms with E-state index in [-0.39, 0.29) is 6.04 Å². The van der Waals surface area contributed by atoms with E-state index in [0.29, 0.717) is 6.42 Å². The number of aryl methyl sites for hydroxylation is 1. The molecule has 1 rings (SSSR count). The molecule has 0 radical (unpaired) electrons. The SMILES string of the molecule is COC(OC)C(Cc1ccc(C)cc1Cl)NN. The van der Waals surface area contributed by atoms with Crippen LogP contribution in [0, 0.1) is 6.92 Å². The number of hydrazine groups is 1. The van der Waals surface area contributed by atoms with Crippen molar-refractivity contribution in [3.63, 3.8) is 0 Å². The Morgan fingerprint density at radius 3 is 2.47 bits per heavy atom. The summed E-state index contributed by atoms with van der Waals surface area (Å²) in [7, 11) is 3.16. The molecule has 0 heterocycles. The first-order chi connectivity index (χ1) is 8.12. The van der Waals surface area contributed by atoms with Crippen LogP contribution >= 0.6 is 11.6 Å². The van der Waals surface area contributed by atoms with Crippen LogP contribution in [0.3, 0.4) is 0 Å². The van der Waals surface area contributed by atoms with Gasteiger partial charge < -0.3 is 9.47 Å². The van der Waals surface area contributed by atoms with Crippen LogP contribution in [-0.4, -0.2) is 26.6 Å². The van der Waals surface area contributed by atoms with E-state index in [9.17, 15) is 0 Å². The molecule has 0 aromatic heterocycles. The molecule has 0 aliphatic rings. The fourth-order valence-electron chi connectivity index (χ4n) is 1.71. The van der Waals surface area contributed by atoms with E-state index in [4.69, 9.17) is 26.9 Å². The van der Waals surface area contributed by atoms with E-state index >= 15 is 0 Å². The van der Waals surface area contributed by atoms with E-state index in [1.165, 1.54) is 0 Å². The first-order valence-corrected chi connectivity index (χ1v) is 5.77. The van der Waals surface area contributed by atoms with Crippen molar-refractivity contribution in [3.05, 3.63) is 34.3 Å². The summed E-state index contributed by atoms with van der Waals surface area (Å²) in [6.07, 6.45) is 0.236. The highest BCUT2D eigenvalue weighted by Gasteiger charge is 2.20. The zero-order chi connectivity index (χ0) is 12.8. The van der Waals surface area contributed by atoms with Crippen molar-refractivity contribution in [3.8, 4) is 0 Å². The normalized spacial score (nSPS) is 13.1. The van der Waals surface area contributed by atoms with E-state index < -0.39 is 6.29 Å². The van der Waals surface area contributed by atoms with Crippen LogP contribution in [-0.2, 0) is 15.9 Å². The van der Waals surface area contributed by atoms with Crippen molar-refractivity contribution in [1.82, 2.24) is 5.43 Å². The Morgan fingerprint density at radius 2 is 2.00 bits per heavy atom. The molecule has 3 N–H and O–H groups in total. The smallest absolute Gasteiger partial charge is 0.173 e. The predicted octanol–water partition coefficient (Wildman–Crippen LogP) is 1.64. The molecule has 0 saturated carbocycles. The molecule has 0 aliphatic carbocycles. The average Bonchev–Trinajstić information content (AvgIpc) is 2.32. The molecule has 1 aromatic carbocycles. The molecule has 0 aliphatic heterocycles. The fraction of sp³-hybridized carbons (Fsp3) is 0.500. The molecule has 1 unspecified atom stereocenters. The van der Waals surface area contributed by atoms with Gasteiger partial charge in [0.05, 0.1) is 6.04 Å². The van der Waals surface area contributed by atoms with E-state index in [1.807, 2.05) is 25.1 Å². The van der Waals surface area contributed by atoms with Crippen molar-refractivity contribution in [1.29, 1.82) is 0 Å². The molecule has 4 nitrogen and oxygen atoms in total. The van der Waals surface area contributed by atoms with Gasteiger partial charge in [0.15, 0.2) is 6.29 Å². The Hall–Kier alpha value is -0.650. The van der Waals surface area contributed by atoms with Crippen LogP contribution in [0.5, 0.6) is 0 Å². The molecule has 17 heavy (non-hydrogen) atoms. The zero-order valence-electron chi connectivity index (χ0n) is 10.4. The Labute approximate surface area is 107 Å². The monoisotopic (exact) mass is 258 g/mol. The van der Waals surface area contributed by atoms with Gasteiger partial charge >= 0.3 is 0 Å². The zero-order valence-corrected chi connectivity index (χ0v) is 11.1. The number of methoxy groups -OCH3 is 2. The first-order valence-electron chi connectivity index (χ1n) is 5.39. The Bertz CT molecular complexity index is 356. The number of nitrogens with two attached hydrogens (primary N) is 1. The molecule has 0 amide bonds. The molecule has 0 fully saturated rings. The molecule has 0 saturated heterocycles. The lowest BCUT2D eigenvalue weighted by Crippen LogP contribution is -2.47. The van der Waals surface area contributed by atoms with Gasteiger partial charge in [-0.15, -0.1) is 0 Å². The number of benzene rings is 1. The maximum absolute atomic E-state index is 6.17. The second-order valence-corrected chi connectivity index (χ2v) is 4.32. The second-order valence-electron chi connectivity index (χ2n) is 3.91. The van der Waals surface area contributed by atoms with Crippen LogP contribution in [0.15, 0.2) is 18.2 Å². The van der Waals surface area contributed by atoms with Crippen LogP contribution in [0.1, 0.15) is 11.1 Å². The maximum atomic E-state index is 6.17. The summed E-state index contributed by atoms with van der Waals surface area (Å²) in [5.41, 5.74) is 4.83. The largest absolute Gasteiger partial charge is 0.354 e. The number of halogens is 1. The van der Waals surface area contributed by atoms with Gasteiger partial charge in [0, 0.05) is 19.2 Å². The van der Waals surface area contributed by atoms with E-state index in [1.54, 1.807) is 14.2 Å². The van der Waals surface area contributed by atoms with Crippen LogP contribution in [0.2, 0.25) is 5.02 Å². The average molecular weight is 259 g/mol. The molecule has 0 spiro atoms. The molecule has 5 heteroatoms. The minimum absolute atomic E-state index is 0.148. The fourth-order valence-corrected chi connectivity index (χ4v) is 2.03. The number of rotatable bonds is 6. The van der Waals surface area contributed by atoms with Gasteiger partial charge in [0.1, 0.15) is 0 Å². The second kappa shape index (κ2) is 6.93. The Kier molecular flexibility index (Phi) is 5.88. The van der Waals surface area contributed by atoms with Crippen molar-refractivity contribution < 1.29 is 9.47 Å². The molecule has 1 atom stereocenters. The first kappa shape index (κ1) is 14.4. The quantitative estimate of drug-likeness (QED) is 0.463. The summed E-state index contributed by atoms with van der Waals surface area (Å²) >= 11 is 6.17. The molecule has 96 valence electrons. The number of nitrogens with one attached hydrogen (secondary N) is 1. The van der Waals surface area contributed by atoms with Gasteiger partial charge in [-0.05, 0) is 30.5 Å². The standard InChI is InChI=1S/C12H19ClN2O2/c1-8-4-5-9(10(13)6-8)7-11(15-14)12(16-2)17-3/h4-6,11-12,15H,7,14H2,1-3H3. The molecular weight excluding hydrogens is 240 g/mol. The van der Waals surface area contributed by atoms with Gasteiger partial charge in [-0.2, -0.15) is 0 Å². The number of hydrogen-bond donors (Lipinski definition) is 2. The van der Waals surface area contributed by atoms with Crippen molar-refractivity contribution in [2.75, 3.05) is 14.2 Å². The highest BCUT2D eigenvalue weighted by molar-refractivity contribution is 6.31. The lowest BCUT2D eigenvalue weighted by Gasteiger charge is -2.24. The van der Waals surface area contributed by atoms with Gasteiger partial charge in [0.25, 0.3) is 0 Å². The Balaban J connectivity index is 2.80. The maximum Gasteiger partial charge on any atom is 0.173 e. The highest BCUT2D eigenvalue weighted by atomic mass is 35.5. The lowest BCUT2D eigenvalue weighted by molar-refractivity contribution is -0.122. The lowest BCUT2D eigenvalue weighted by atomic mass is 10.0. The third kappa shape index (κ3) is 3.94. The van der Waals surface area contributed by atoms with Gasteiger partial charge in [-0.3, -0.25) is 11.3 Å². The summed E-state index contributed by atoms with van der Waals surface area (Å²) in [5, 5.41) is 0.733.